The van der Waals surface area contributed by atoms with E-state index in [1.165, 1.54) is 23.1 Å². The first-order valence-electron chi connectivity index (χ1n) is 15.2. The van der Waals surface area contributed by atoms with E-state index in [2.05, 4.69) is 0 Å². The van der Waals surface area contributed by atoms with Gasteiger partial charge in [0.1, 0.15) is 0 Å². The zero-order chi connectivity index (χ0) is 38.1. The van der Waals surface area contributed by atoms with Crippen molar-refractivity contribution in [1.82, 2.24) is 9.96 Å². The van der Waals surface area contributed by atoms with Crippen molar-refractivity contribution < 1.29 is 62.8 Å². The van der Waals surface area contributed by atoms with Gasteiger partial charge in [-0.3, -0.25) is 28.9 Å². The highest BCUT2D eigenvalue weighted by molar-refractivity contribution is 7.90. The quantitative estimate of drug-likeness (QED) is 0.0898. The summed E-state index contributed by atoms with van der Waals surface area (Å²) in [6, 6.07) is 7.89. The number of carbonyl (C=O) groups is 4. The number of imide groups is 1. The predicted molar refractivity (Wildman–Crippen MR) is 177 cm³/mol. The molecule has 0 radical (unpaired) electrons. The average molecular weight is 777 g/mol. The van der Waals surface area contributed by atoms with Crippen molar-refractivity contribution in [2.24, 2.45) is 5.92 Å². The molecule has 18 nitrogen and oxygen atoms in total. The molecular weight excluding hydrogens is 749 g/mol. The maximum Gasteiger partial charge on any atom is 0.336 e. The number of benzene rings is 3. The maximum absolute atomic E-state index is 14.2. The SMILES string of the molecule is CS(=O)(=O)c1ccc(C(=O)N2CCC(C(=O)ON3C(=O)CCC3=O)CC2)c(-c2c3ccc(=N)c(S(=O)(=O)O)c-3oc3c(S(=O)(=O)O)c(N)ccc23)c1. The number of piperidine rings is 1. The number of fused-ring (bicyclic) bond motifs is 2. The molecule has 6 rings (SSSR count). The number of likely N-dealkylation sites (tertiary alicyclic amines) is 1. The number of anilines is 1. The molecule has 3 heterocycles. The maximum atomic E-state index is 14.2. The summed E-state index contributed by atoms with van der Waals surface area (Å²) in [5.41, 5.74) is 3.86. The van der Waals surface area contributed by atoms with Crippen LogP contribution in [-0.4, -0.2) is 87.4 Å². The van der Waals surface area contributed by atoms with E-state index in [1.54, 1.807) is 0 Å². The van der Waals surface area contributed by atoms with Crippen molar-refractivity contribution in [2.45, 2.75) is 40.4 Å². The van der Waals surface area contributed by atoms with E-state index in [9.17, 15) is 53.5 Å². The molecule has 4 aliphatic rings. The lowest BCUT2D eigenvalue weighted by molar-refractivity contribution is -0.201. The summed E-state index contributed by atoms with van der Waals surface area (Å²) < 4.78 is 102. The number of hydroxylamine groups is 2. The van der Waals surface area contributed by atoms with E-state index in [0.29, 0.717) is 5.06 Å². The van der Waals surface area contributed by atoms with Gasteiger partial charge in [-0.05, 0) is 60.9 Å². The van der Waals surface area contributed by atoms with Crippen LogP contribution in [0.25, 0.3) is 33.4 Å². The van der Waals surface area contributed by atoms with Crippen LogP contribution in [-0.2, 0) is 49.3 Å². The molecule has 274 valence electrons. The summed E-state index contributed by atoms with van der Waals surface area (Å²) in [7, 11) is -14.5. The van der Waals surface area contributed by atoms with Crippen molar-refractivity contribution in [3.63, 3.8) is 0 Å². The highest BCUT2D eigenvalue weighted by Gasteiger charge is 2.38. The lowest BCUT2D eigenvalue weighted by Crippen LogP contribution is -2.42. The van der Waals surface area contributed by atoms with Crippen LogP contribution >= 0.6 is 0 Å². The van der Waals surface area contributed by atoms with Crippen LogP contribution in [0.2, 0.25) is 0 Å². The van der Waals surface area contributed by atoms with Gasteiger partial charge in [-0.2, -0.15) is 16.8 Å². The number of nitrogens with two attached hydrogens (primary N) is 1. The van der Waals surface area contributed by atoms with E-state index in [-0.39, 0.29) is 71.3 Å². The molecule has 2 aromatic carbocycles. The molecule has 0 aromatic heterocycles. The Kier molecular flexibility index (Phi) is 8.98. The van der Waals surface area contributed by atoms with Gasteiger partial charge in [0, 0.05) is 54.3 Å². The first-order chi connectivity index (χ1) is 24.2. The number of amides is 3. The Labute approximate surface area is 295 Å². The van der Waals surface area contributed by atoms with Crippen LogP contribution < -0.4 is 11.1 Å². The minimum Gasteiger partial charge on any atom is -0.453 e. The van der Waals surface area contributed by atoms with Crippen LogP contribution in [0.1, 0.15) is 36.0 Å². The van der Waals surface area contributed by atoms with E-state index in [4.69, 9.17) is 20.4 Å². The minimum atomic E-state index is -5.26. The fourth-order valence-electron chi connectivity index (χ4n) is 6.25. The topological polar surface area (TPSA) is 290 Å². The standard InChI is InChI=1S/C31H28N4O14S3/c1-50(40,41)16-2-3-17(30(38)34-12-10-15(11-13-34)31(39)49-35-23(36)8-9-24(35)37)20(14-16)25-18-4-6-21(32)28(51(42,43)44)26(18)48-27-19(25)5-7-22(33)29(27)52(45,46)47/h2-7,14-15,32H,8-13,33H2,1H3,(H,42,43,44)(H,45,46,47). The largest absolute Gasteiger partial charge is 0.453 e. The minimum absolute atomic E-state index is 0.0437. The molecule has 2 saturated heterocycles. The van der Waals surface area contributed by atoms with Crippen molar-refractivity contribution in [3.05, 3.63) is 53.4 Å². The van der Waals surface area contributed by atoms with Gasteiger partial charge in [-0.25, -0.2) is 13.2 Å². The molecule has 0 spiro atoms. The molecule has 0 saturated carbocycles. The smallest absolute Gasteiger partial charge is 0.336 e. The number of nitrogen functional groups attached to an aromatic ring is 1. The Morgan fingerprint density at radius 3 is 2.08 bits per heavy atom. The highest BCUT2D eigenvalue weighted by atomic mass is 32.2. The van der Waals surface area contributed by atoms with Crippen LogP contribution in [0.3, 0.4) is 0 Å². The Bertz CT molecular complexity index is 2590. The Hall–Kier alpha value is -5.22. The molecule has 21 heteroatoms. The fourth-order valence-corrected chi connectivity index (χ4v) is 8.39. The number of carbonyl (C=O) groups excluding carboxylic acids is 4. The average Bonchev–Trinajstić information content (AvgIpc) is 3.37. The van der Waals surface area contributed by atoms with Gasteiger partial charge in [0.05, 0.1) is 21.9 Å². The Balaban J connectivity index is 1.53. The van der Waals surface area contributed by atoms with Crippen molar-refractivity contribution in [1.29, 1.82) is 5.41 Å². The Morgan fingerprint density at radius 2 is 1.50 bits per heavy atom. The monoisotopic (exact) mass is 776 g/mol. The first kappa shape index (κ1) is 36.6. The molecule has 3 aliphatic heterocycles. The van der Waals surface area contributed by atoms with Crippen LogP contribution in [0.15, 0.2) is 61.6 Å². The van der Waals surface area contributed by atoms with E-state index >= 15 is 0 Å². The molecular formula is C31H28N4O14S3. The number of sulfone groups is 1. The summed E-state index contributed by atoms with van der Waals surface area (Å²) in [5.74, 6) is -4.41. The Morgan fingerprint density at radius 1 is 0.885 bits per heavy atom. The van der Waals surface area contributed by atoms with E-state index in [0.717, 1.165) is 30.5 Å². The normalized spacial score (nSPS) is 16.2. The summed E-state index contributed by atoms with van der Waals surface area (Å²) in [4.78, 5) is 54.8. The third-order valence-electron chi connectivity index (χ3n) is 8.73. The van der Waals surface area contributed by atoms with E-state index < -0.39 is 91.9 Å². The number of hydrogen-bond donors (Lipinski definition) is 4. The van der Waals surface area contributed by atoms with Crippen LogP contribution in [0.5, 0.6) is 0 Å². The highest BCUT2D eigenvalue weighted by Crippen LogP contribution is 2.46. The third-order valence-corrected chi connectivity index (χ3v) is 11.7. The van der Waals surface area contributed by atoms with Crippen LogP contribution in [0, 0.1) is 11.3 Å². The molecule has 0 bridgehead atoms. The number of rotatable bonds is 7. The molecule has 0 atom stereocenters. The number of nitrogens with one attached hydrogen (secondary N) is 1. The first-order valence-corrected chi connectivity index (χ1v) is 20.0. The van der Waals surface area contributed by atoms with Crippen molar-refractivity contribution >= 4 is 70.4 Å². The van der Waals surface area contributed by atoms with Crippen molar-refractivity contribution in [3.8, 4) is 22.5 Å². The van der Waals surface area contributed by atoms with Gasteiger partial charge in [-0.1, -0.05) is 0 Å². The molecule has 2 aromatic rings. The number of hydrogen-bond acceptors (Lipinski definition) is 14. The molecule has 52 heavy (non-hydrogen) atoms. The summed E-state index contributed by atoms with van der Waals surface area (Å²) in [6.07, 6.45) is 0.803. The van der Waals surface area contributed by atoms with E-state index in [1.807, 2.05) is 0 Å². The third kappa shape index (κ3) is 6.51. The zero-order valence-electron chi connectivity index (χ0n) is 26.9. The second-order valence-electron chi connectivity index (χ2n) is 12.1. The van der Waals surface area contributed by atoms with Gasteiger partial charge in [0.2, 0.25) is 0 Å². The van der Waals surface area contributed by atoms with Crippen LogP contribution in [0.4, 0.5) is 5.69 Å². The summed E-state index contributed by atoms with van der Waals surface area (Å²) in [6.45, 7) is -0.0875. The van der Waals surface area contributed by atoms with Gasteiger partial charge < -0.3 is 19.9 Å². The molecule has 0 unspecified atom stereocenters. The molecule has 5 N–H and O–H groups in total. The summed E-state index contributed by atoms with van der Waals surface area (Å²) in [5, 5.41) is 7.65. The molecule has 2 fully saturated rings. The van der Waals surface area contributed by atoms with Gasteiger partial charge in [-0.15, -0.1) is 5.06 Å². The summed E-state index contributed by atoms with van der Waals surface area (Å²) >= 11 is 0. The molecule has 1 aliphatic carbocycles. The van der Waals surface area contributed by atoms with Gasteiger partial charge in [0.15, 0.2) is 31.0 Å². The lowest BCUT2D eigenvalue weighted by Gasteiger charge is -2.32. The lowest BCUT2D eigenvalue weighted by atomic mass is 9.89. The van der Waals surface area contributed by atoms with Crippen molar-refractivity contribution in [2.75, 3.05) is 25.1 Å². The molecule has 3 amide bonds. The number of nitrogens with zero attached hydrogens (tertiary/aromatic N) is 2. The zero-order valence-corrected chi connectivity index (χ0v) is 29.3. The second kappa shape index (κ2) is 12.8. The van der Waals surface area contributed by atoms with Gasteiger partial charge in [0.25, 0.3) is 38.0 Å². The van der Waals surface area contributed by atoms with Gasteiger partial charge >= 0.3 is 5.97 Å². The second-order valence-corrected chi connectivity index (χ2v) is 16.9. The fraction of sp³-hybridized carbons (Fsp3) is 0.258. The predicted octanol–water partition coefficient (Wildman–Crippen LogP) is 1.62.